The van der Waals surface area contributed by atoms with E-state index in [4.69, 9.17) is 18.0 Å². The molecule has 0 saturated carbocycles. The Morgan fingerprint density at radius 3 is 3.00 bits per heavy atom. The van der Waals surface area contributed by atoms with Gasteiger partial charge in [0.15, 0.2) is 0 Å². The number of nitrogens with zero attached hydrogens (tertiary/aromatic N) is 1. The van der Waals surface area contributed by atoms with E-state index in [9.17, 15) is 0 Å². The van der Waals surface area contributed by atoms with Gasteiger partial charge < -0.3 is 10.7 Å². The topological polar surface area (TPSA) is 54.7 Å². The maximum absolute atomic E-state index is 5.57. The number of nitrogen functional groups attached to an aromatic ring is 1. The van der Waals surface area contributed by atoms with Crippen LogP contribution in [0.25, 0.3) is 0 Å². The van der Waals surface area contributed by atoms with Gasteiger partial charge in [0.2, 0.25) is 0 Å². The fourth-order valence-electron chi connectivity index (χ4n) is 0.557. The number of hydrogen-bond acceptors (Lipinski definition) is 4. The van der Waals surface area contributed by atoms with Crippen LogP contribution in [0.4, 0.5) is 5.69 Å². The number of aromatic amines is 1. The fourth-order valence-corrected chi connectivity index (χ4v) is 1.25. The van der Waals surface area contributed by atoms with Crippen molar-refractivity contribution in [1.82, 2.24) is 9.97 Å². The number of nitrogens with one attached hydrogen (secondary N) is 1. The smallest absolute Gasteiger partial charge is 0.130 e. The van der Waals surface area contributed by atoms with Gasteiger partial charge in [-0.05, 0) is 6.26 Å². The number of rotatable bonds is 1. The molecule has 0 fully saturated rings. The van der Waals surface area contributed by atoms with E-state index in [0.717, 1.165) is 5.03 Å². The average molecular weight is 173 g/mol. The van der Waals surface area contributed by atoms with Gasteiger partial charge in [0.05, 0.1) is 12.0 Å². The zero-order valence-corrected chi connectivity index (χ0v) is 7.05. The number of nitrogens with two attached hydrogens (primary N) is 1. The minimum Gasteiger partial charge on any atom is -0.394 e. The summed E-state index contributed by atoms with van der Waals surface area (Å²) in [4.78, 5) is 6.71. The summed E-state index contributed by atoms with van der Waals surface area (Å²) in [7, 11) is 0. The summed E-state index contributed by atoms with van der Waals surface area (Å²) in [5.41, 5.74) is 6.13. The van der Waals surface area contributed by atoms with Crippen molar-refractivity contribution in [3.8, 4) is 0 Å². The van der Waals surface area contributed by atoms with Gasteiger partial charge in [-0.3, -0.25) is 0 Å². The molecule has 0 bridgehead atoms. The summed E-state index contributed by atoms with van der Waals surface area (Å²) in [6.07, 6.45) is 3.46. The number of hydrogen-bond donors (Lipinski definition) is 2. The quantitative estimate of drug-likeness (QED) is 0.383. The van der Waals surface area contributed by atoms with Crippen molar-refractivity contribution < 1.29 is 0 Å². The molecule has 3 N–H and O–H groups in total. The van der Waals surface area contributed by atoms with Gasteiger partial charge in [-0.15, -0.1) is 11.8 Å². The standard InChI is InChI=1S/C5H7N3S2/c1-10-5-3(6)4(9)7-2-8-5/h2H,6H2,1H3,(H,7,8,9). The van der Waals surface area contributed by atoms with Crippen molar-refractivity contribution in [3.05, 3.63) is 11.0 Å². The lowest BCUT2D eigenvalue weighted by Gasteiger charge is -1.97. The second-order valence-corrected chi connectivity index (χ2v) is 2.86. The van der Waals surface area contributed by atoms with Crippen molar-refractivity contribution in [2.45, 2.75) is 5.03 Å². The van der Waals surface area contributed by atoms with Crippen LogP contribution in [-0.4, -0.2) is 16.2 Å². The molecular weight excluding hydrogens is 166 g/mol. The predicted molar refractivity (Wildman–Crippen MR) is 45.6 cm³/mol. The number of aromatic nitrogens is 2. The first kappa shape index (κ1) is 7.56. The third kappa shape index (κ3) is 1.30. The molecule has 0 spiro atoms. The Kier molecular flexibility index (Phi) is 2.29. The summed E-state index contributed by atoms with van der Waals surface area (Å²) in [5.74, 6) is 0. The largest absolute Gasteiger partial charge is 0.394 e. The van der Waals surface area contributed by atoms with E-state index < -0.39 is 0 Å². The van der Waals surface area contributed by atoms with Crippen LogP contribution in [0, 0.1) is 4.64 Å². The van der Waals surface area contributed by atoms with Gasteiger partial charge >= 0.3 is 0 Å². The molecule has 1 aromatic heterocycles. The van der Waals surface area contributed by atoms with Crippen molar-refractivity contribution in [1.29, 1.82) is 0 Å². The first-order valence-corrected chi connectivity index (χ1v) is 4.26. The molecule has 0 aliphatic heterocycles. The van der Waals surface area contributed by atoms with Crippen LogP contribution in [0.1, 0.15) is 0 Å². The second kappa shape index (κ2) is 3.03. The number of H-pyrrole nitrogens is 1. The van der Waals surface area contributed by atoms with Crippen LogP contribution < -0.4 is 5.73 Å². The van der Waals surface area contributed by atoms with Crippen molar-refractivity contribution in [2.24, 2.45) is 0 Å². The number of anilines is 1. The average Bonchev–Trinajstić information content (AvgIpc) is 1.95. The van der Waals surface area contributed by atoms with E-state index in [2.05, 4.69) is 9.97 Å². The fraction of sp³-hybridized carbons (Fsp3) is 0.200. The van der Waals surface area contributed by atoms with E-state index in [1.54, 1.807) is 6.33 Å². The molecule has 1 aromatic rings. The van der Waals surface area contributed by atoms with E-state index in [1.165, 1.54) is 11.8 Å². The van der Waals surface area contributed by atoms with Crippen LogP contribution in [0.15, 0.2) is 11.4 Å². The minimum absolute atomic E-state index is 0.555. The van der Waals surface area contributed by atoms with E-state index in [0.29, 0.717) is 10.3 Å². The Balaban J connectivity index is 3.28. The van der Waals surface area contributed by atoms with Gasteiger partial charge in [0.25, 0.3) is 0 Å². The third-order valence-electron chi connectivity index (χ3n) is 1.05. The Morgan fingerprint density at radius 1 is 1.80 bits per heavy atom. The van der Waals surface area contributed by atoms with Crippen LogP contribution in [0.2, 0.25) is 0 Å². The predicted octanol–water partition coefficient (Wildman–Crippen LogP) is 1.44. The van der Waals surface area contributed by atoms with Crippen LogP contribution >= 0.6 is 24.0 Å². The molecule has 1 heterocycles. The van der Waals surface area contributed by atoms with E-state index in [-0.39, 0.29) is 0 Å². The Morgan fingerprint density at radius 2 is 2.50 bits per heavy atom. The minimum atomic E-state index is 0.555. The molecule has 0 aliphatic carbocycles. The van der Waals surface area contributed by atoms with Gasteiger partial charge in [-0.2, -0.15) is 0 Å². The van der Waals surface area contributed by atoms with Gasteiger partial charge in [0.1, 0.15) is 9.67 Å². The summed E-state index contributed by atoms with van der Waals surface area (Å²) >= 11 is 6.36. The van der Waals surface area contributed by atoms with Crippen LogP contribution in [0.5, 0.6) is 0 Å². The molecule has 0 atom stereocenters. The highest BCUT2D eigenvalue weighted by molar-refractivity contribution is 7.98. The van der Waals surface area contributed by atoms with Crippen LogP contribution in [0.3, 0.4) is 0 Å². The molecule has 3 nitrogen and oxygen atoms in total. The lowest BCUT2D eigenvalue weighted by molar-refractivity contribution is 1.05. The zero-order valence-electron chi connectivity index (χ0n) is 5.42. The highest BCUT2D eigenvalue weighted by atomic mass is 32.2. The number of thioether (sulfide) groups is 1. The lowest BCUT2D eigenvalue weighted by Crippen LogP contribution is -1.93. The van der Waals surface area contributed by atoms with Gasteiger partial charge in [-0.25, -0.2) is 4.98 Å². The van der Waals surface area contributed by atoms with E-state index in [1.807, 2.05) is 6.26 Å². The summed E-state index contributed by atoms with van der Waals surface area (Å²) in [5, 5.41) is 0.781. The molecule has 0 unspecified atom stereocenters. The SMILES string of the molecule is CSc1nc[nH]c(=S)c1N. The molecule has 0 amide bonds. The zero-order chi connectivity index (χ0) is 7.56. The third-order valence-corrected chi connectivity index (χ3v) is 2.10. The monoisotopic (exact) mass is 173 g/mol. The Labute approximate surface area is 68.1 Å². The second-order valence-electron chi connectivity index (χ2n) is 1.65. The molecule has 0 aromatic carbocycles. The Hall–Kier alpha value is -0.550. The van der Waals surface area contributed by atoms with Gasteiger partial charge in [0, 0.05) is 0 Å². The van der Waals surface area contributed by atoms with Crippen LogP contribution in [-0.2, 0) is 0 Å². The molecule has 0 radical (unpaired) electrons. The molecule has 54 valence electrons. The molecule has 0 saturated heterocycles. The normalized spacial score (nSPS) is 9.70. The molecule has 0 aliphatic rings. The van der Waals surface area contributed by atoms with Crippen molar-refractivity contribution in [2.75, 3.05) is 12.0 Å². The maximum atomic E-state index is 5.57. The van der Waals surface area contributed by atoms with Crippen molar-refractivity contribution >= 4 is 29.7 Å². The van der Waals surface area contributed by atoms with Crippen molar-refractivity contribution in [3.63, 3.8) is 0 Å². The van der Waals surface area contributed by atoms with Gasteiger partial charge in [-0.1, -0.05) is 12.2 Å². The summed E-state index contributed by atoms with van der Waals surface area (Å²) in [6.45, 7) is 0. The maximum Gasteiger partial charge on any atom is 0.130 e. The highest BCUT2D eigenvalue weighted by Crippen LogP contribution is 2.18. The first-order chi connectivity index (χ1) is 4.75. The lowest BCUT2D eigenvalue weighted by atomic mass is 10.6. The summed E-state index contributed by atoms with van der Waals surface area (Å²) < 4.78 is 0.555. The Bertz CT molecular complexity index is 280. The molecule has 5 heteroatoms. The molecule has 1 rings (SSSR count). The van der Waals surface area contributed by atoms with E-state index >= 15 is 0 Å². The first-order valence-electron chi connectivity index (χ1n) is 2.63. The highest BCUT2D eigenvalue weighted by Gasteiger charge is 1.97. The molecular formula is C5H7N3S2. The molecule has 10 heavy (non-hydrogen) atoms. The summed E-state index contributed by atoms with van der Waals surface area (Å²) in [6, 6.07) is 0.